The molecular formula is C23H15NO4. The van der Waals surface area contributed by atoms with Gasteiger partial charge in [0.05, 0.1) is 11.3 Å². The molecule has 0 heterocycles. The Morgan fingerprint density at radius 2 is 1.43 bits per heavy atom. The predicted octanol–water partition coefficient (Wildman–Crippen LogP) is 3.82. The standard InChI is InChI=1S/C23H15NO4/c25-15-11-8-14(9-12-15)10-13-20(26)24-19-7-3-6-18-21(19)23(28)17-5-2-1-4-16(17)22(18)27/h1-13,25H,(H,24,26)/b13-10+. The van der Waals surface area contributed by atoms with E-state index in [0.29, 0.717) is 16.8 Å². The number of phenols is 1. The highest BCUT2D eigenvalue weighted by atomic mass is 16.3. The summed E-state index contributed by atoms with van der Waals surface area (Å²) in [5.74, 6) is -0.814. The first-order chi connectivity index (χ1) is 13.5. The molecule has 1 amide bonds. The normalized spacial score (nSPS) is 12.6. The average molecular weight is 369 g/mol. The van der Waals surface area contributed by atoms with Crippen molar-refractivity contribution < 1.29 is 19.5 Å². The van der Waals surface area contributed by atoms with Gasteiger partial charge in [-0.05, 0) is 29.8 Å². The molecule has 0 fully saturated rings. The Hall–Kier alpha value is -3.99. The largest absolute Gasteiger partial charge is 0.508 e. The Kier molecular flexibility index (Phi) is 4.33. The average Bonchev–Trinajstić information content (AvgIpc) is 2.71. The molecule has 0 saturated carbocycles. The highest BCUT2D eigenvalue weighted by molar-refractivity contribution is 6.30. The van der Waals surface area contributed by atoms with Crippen molar-refractivity contribution in [3.8, 4) is 5.75 Å². The third kappa shape index (κ3) is 3.10. The lowest BCUT2D eigenvalue weighted by molar-refractivity contribution is -0.111. The van der Waals surface area contributed by atoms with Crippen LogP contribution in [-0.2, 0) is 4.79 Å². The van der Waals surface area contributed by atoms with Gasteiger partial charge in [0.15, 0.2) is 11.6 Å². The monoisotopic (exact) mass is 369 g/mol. The van der Waals surface area contributed by atoms with E-state index in [1.165, 1.54) is 18.2 Å². The number of phenolic OH excluding ortho intramolecular Hbond substituents is 1. The molecule has 0 aromatic heterocycles. The molecule has 136 valence electrons. The van der Waals surface area contributed by atoms with E-state index in [1.54, 1.807) is 60.7 Å². The van der Waals surface area contributed by atoms with Crippen LogP contribution in [0.4, 0.5) is 5.69 Å². The van der Waals surface area contributed by atoms with Gasteiger partial charge in [-0.1, -0.05) is 48.5 Å². The fraction of sp³-hybridized carbons (Fsp3) is 0. The Labute approximate surface area is 161 Å². The molecule has 0 bridgehead atoms. The molecule has 0 unspecified atom stereocenters. The SMILES string of the molecule is O=C(/C=C/c1ccc(O)cc1)Nc1cccc2c1C(=O)c1ccccc1C2=O. The van der Waals surface area contributed by atoms with Crippen molar-refractivity contribution in [3.63, 3.8) is 0 Å². The summed E-state index contributed by atoms with van der Waals surface area (Å²) in [6.07, 6.45) is 2.92. The van der Waals surface area contributed by atoms with Crippen molar-refractivity contribution in [2.45, 2.75) is 0 Å². The summed E-state index contributed by atoms with van der Waals surface area (Å²) < 4.78 is 0. The molecular weight excluding hydrogens is 354 g/mol. The summed E-state index contributed by atoms with van der Waals surface area (Å²) in [4.78, 5) is 38.0. The molecule has 0 saturated heterocycles. The van der Waals surface area contributed by atoms with Gasteiger partial charge in [0.2, 0.25) is 5.91 Å². The molecule has 5 heteroatoms. The van der Waals surface area contributed by atoms with Crippen LogP contribution in [0, 0.1) is 0 Å². The number of anilines is 1. The van der Waals surface area contributed by atoms with E-state index in [9.17, 15) is 19.5 Å². The number of carbonyl (C=O) groups excluding carboxylic acids is 3. The Balaban J connectivity index is 1.63. The first-order valence-electron chi connectivity index (χ1n) is 8.64. The van der Waals surface area contributed by atoms with Gasteiger partial charge in [-0.2, -0.15) is 0 Å². The zero-order valence-corrected chi connectivity index (χ0v) is 14.7. The Bertz CT molecular complexity index is 1140. The van der Waals surface area contributed by atoms with Gasteiger partial charge < -0.3 is 10.4 Å². The van der Waals surface area contributed by atoms with Crippen molar-refractivity contribution in [2.24, 2.45) is 0 Å². The fourth-order valence-electron chi connectivity index (χ4n) is 3.18. The highest BCUT2D eigenvalue weighted by Gasteiger charge is 2.31. The molecule has 3 aromatic rings. The lowest BCUT2D eigenvalue weighted by Crippen LogP contribution is -2.23. The van der Waals surface area contributed by atoms with E-state index in [1.807, 2.05) is 0 Å². The maximum Gasteiger partial charge on any atom is 0.248 e. The minimum atomic E-state index is -0.430. The molecule has 3 aromatic carbocycles. The zero-order chi connectivity index (χ0) is 19.7. The number of aromatic hydroxyl groups is 1. The van der Waals surface area contributed by atoms with Crippen molar-refractivity contribution in [1.29, 1.82) is 0 Å². The van der Waals surface area contributed by atoms with Crippen LogP contribution in [0.2, 0.25) is 0 Å². The first-order valence-corrected chi connectivity index (χ1v) is 8.64. The van der Waals surface area contributed by atoms with E-state index >= 15 is 0 Å². The fourth-order valence-corrected chi connectivity index (χ4v) is 3.18. The summed E-state index contributed by atoms with van der Waals surface area (Å²) in [6.45, 7) is 0. The molecule has 0 aliphatic heterocycles. The van der Waals surface area contributed by atoms with Crippen molar-refractivity contribution in [2.75, 3.05) is 5.32 Å². The predicted molar refractivity (Wildman–Crippen MR) is 106 cm³/mol. The minimum absolute atomic E-state index is 0.140. The molecule has 0 radical (unpaired) electrons. The summed E-state index contributed by atoms with van der Waals surface area (Å²) in [5.41, 5.74) is 2.23. The van der Waals surface area contributed by atoms with Crippen LogP contribution in [0.15, 0.2) is 72.8 Å². The molecule has 0 atom stereocenters. The maximum absolute atomic E-state index is 12.9. The quantitative estimate of drug-likeness (QED) is 0.538. The van der Waals surface area contributed by atoms with E-state index in [4.69, 9.17) is 0 Å². The van der Waals surface area contributed by atoms with Gasteiger partial charge in [-0.15, -0.1) is 0 Å². The summed E-state index contributed by atoms with van der Waals surface area (Å²) in [6, 6.07) is 17.9. The van der Waals surface area contributed by atoms with Crippen LogP contribution >= 0.6 is 0 Å². The highest BCUT2D eigenvalue weighted by Crippen LogP contribution is 2.31. The number of hydrogen-bond donors (Lipinski definition) is 2. The molecule has 2 N–H and O–H groups in total. The second-order valence-electron chi connectivity index (χ2n) is 6.35. The number of amides is 1. The van der Waals surface area contributed by atoms with E-state index < -0.39 is 5.91 Å². The van der Waals surface area contributed by atoms with Crippen LogP contribution in [0.1, 0.15) is 37.4 Å². The summed E-state index contributed by atoms with van der Waals surface area (Å²) in [7, 11) is 0. The third-order valence-electron chi connectivity index (χ3n) is 4.53. The van der Waals surface area contributed by atoms with E-state index in [0.717, 1.165) is 5.56 Å². The lowest BCUT2D eigenvalue weighted by Gasteiger charge is -2.20. The molecule has 28 heavy (non-hydrogen) atoms. The van der Waals surface area contributed by atoms with Crippen molar-refractivity contribution in [1.82, 2.24) is 0 Å². The third-order valence-corrected chi connectivity index (χ3v) is 4.53. The first kappa shape index (κ1) is 17.4. The second-order valence-corrected chi connectivity index (χ2v) is 6.35. The summed E-state index contributed by atoms with van der Waals surface area (Å²) >= 11 is 0. The number of carbonyl (C=O) groups is 3. The molecule has 4 rings (SSSR count). The van der Waals surface area contributed by atoms with Crippen LogP contribution in [0.3, 0.4) is 0 Å². The smallest absolute Gasteiger partial charge is 0.248 e. The van der Waals surface area contributed by atoms with Gasteiger partial charge in [0.1, 0.15) is 5.75 Å². The van der Waals surface area contributed by atoms with Gasteiger partial charge in [0.25, 0.3) is 0 Å². The lowest BCUT2D eigenvalue weighted by atomic mass is 9.83. The minimum Gasteiger partial charge on any atom is -0.508 e. The second kappa shape index (κ2) is 6.96. The van der Waals surface area contributed by atoms with Crippen LogP contribution in [-0.4, -0.2) is 22.6 Å². The van der Waals surface area contributed by atoms with Crippen LogP contribution < -0.4 is 5.32 Å². The maximum atomic E-state index is 12.9. The molecule has 0 spiro atoms. The van der Waals surface area contributed by atoms with E-state index in [2.05, 4.69) is 5.32 Å². The zero-order valence-electron chi connectivity index (χ0n) is 14.7. The van der Waals surface area contributed by atoms with Crippen LogP contribution in [0.5, 0.6) is 5.75 Å². The number of fused-ring (bicyclic) bond motifs is 2. The number of ketones is 2. The van der Waals surface area contributed by atoms with E-state index in [-0.39, 0.29) is 28.4 Å². The van der Waals surface area contributed by atoms with Gasteiger partial charge in [0, 0.05) is 22.8 Å². The van der Waals surface area contributed by atoms with Gasteiger partial charge in [-0.3, -0.25) is 14.4 Å². The summed E-state index contributed by atoms with van der Waals surface area (Å²) in [5, 5.41) is 12.0. The number of rotatable bonds is 3. The number of hydrogen-bond acceptors (Lipinski definition) is 4. The van der Waals surface area contributed by atoms with Crippen molar-refractivity contribution in [3.05, 3.63) is 101 Å². The molecule has 5 nitrogen and oxygen atoms in total. The van der Waals surface area contributed by atoms with Gasteiger partial charge >= 0.3 is 0 Å². The van der Waals surface area contributed by atoms with Crippen LogP contribution in [0.25, 0.3) is 6.08 Å². The molecule has 1 aliphatic carbocycles. The Morgan fingerprint density at radius 3 is 2.14 bits per heavy atom. The van der Waals surface area contributed by atoms with Crippen molar-refractivity contribution >= 4 is 29.2 Å². The number of benzene rings is 3. The topological polar surface area (TPSA) is 83.5 Å². The molecule has 1 aliphatic rings. The number of nitrogens with one attached hydrogen (secondary N) is 1. The Morgan fingerprint density at radius 1 is 0.786 bits per heavy atom. The van der Waals surface area contributed by atoms with Gasteiger partial charge in [-0.25, -0.2) is 0 Å².